The monoisotopic (exact) mass is 531 g/mol. The van der Waals surface area contributed by atoms with E-state index in [9.17, 15) is 30.8 Å². The van der Waals surface area contributed by atoms with E-state index in [-0.39, 0.29) is 30.8 Å². The minimum atomic E-state index is -4.69. The highest BCUT2D eigenvalue weighted by atomic mass is 32.2. The van der Waals surface area contributed by atoms with Gasteiger partial charge in [0.05, 0.1) is 33.0 Å². The number of hydrogen-bond acceptors (Lipinski definition) is 4. The van der Waals surface area contributed by atoms with Gasteiger partial charge in [-0.25, -0.2) is 17.6 Å². The van der Waals surface area contributed by atoms with Crippen LogP contribution in [0.25, 0.3) is 11.1 Å². The van der Waals surface area contributed by atoms with Crippen molar-refractivity contribution in [1.29, 1.82) is 5.26 Å². The zero-order chi connectivity index (χ0) is 26.8. The maximum absolute atomic E-state index is 14.0. The summed E-state index contributed by atoms with van der Waals surface area (Å²) in [6.45, 7) is 0.0826. The van der Waals surface area contributed by atoms with E-state index in [1.807, 2.05) is 6.07 Å². The molecule has 0 aliphatic carbocycles. The van der Waals surface area contributed by atoms with E-state index in [1.54, 1.807) is 36.4 Å². The van der Waals surface area contributed by atoms with Crippen molar-refractivity contribution in [2.75, 3.05) is 18.4 Å². The average Bonchev–Trinajstić information content (AvgIpc) is 2.89. The number of sulfone groups is 1. The molecule has 1 aliphatic rings. The number of urea groups is 1. The molecule has 37 heavy (non-hydrogen) atoms. The lowest BCUT2D eigenvalue weighted by molar-refractivity contribution is -0.137. The molecule has 11 heteroatoms. The summed E-state index contributed by atoms with van der Waals surface area (Å²) in [5.41, 5.74) is 0.440. The molecule has 1 saturated heterocycles. The first-order chi connectivity index (χ1) is 17.5. The summed E-state index contributed by atoms with van der Waals surface area (Å²) in [7, 11) is -3.69. The molecule has 1 aliphatic heterocycles. The van der Waals surface area contributed by atoms with Gasteiger partial charge in [-0.2, -0.15) is 18.4 Å². The van der Waals surface area contributed by atoms with E-state index < -0.39 is 44.4 Å². The van der Waals surface area contributed by atoms with Crippen molar-refractivity contribution in [3.63, 3.8) is 0 Å². The number of likely N-dealkylation sites (tertiary alicyclic amines) is 1. The predicted molar refractivity (Wildman–Crippen MR) is 129 cm³/mol. The molecule has 0 spiro atoms. The molecule has 0 aromatic heterocycles. The molecule has 1 fully saturated rings. The highest BCUT2D eigenvalue weighted by Gasteiger charge is 2.34. The second-order valence-corrected chi connectivity index (χ2v) is 10.8. The number of anilines is 1. The number of piperidine rings is 1. The lowest BCUT2D eigenvalue weighted by atomic mass is 10.0. The van der Waals surface area contributed by atoms with Gasteiger partial charge in [-0.15, -0.1) is 0 Å². The molecule has 0 bridgehead atoms. The smallest absolute Gasteiger partial charge is 0.324 e. The standard InChI is InChI=1S/C26H21F4N3O3S/c27-23-10-7-20(26(28,29)30)15-24(23)32-25(34)33-13-11-22(12-14-33)37(35,36)21-8-5-19(6-9-21)18-3-1-17(16-31)2-4-18/h1-10,15,22H,11-14H2,(H,32,34). The first-order valence-electron chi connectivity index (χ1n) is 11.3. The Bertz CT molecular complexity index is 1440. The summed E-state index contributed by atoms with van der Waals surface area (Å²) >= 11 is 0. The number of alkyl halides is 3. The number of hydrogen-bond donors (Lipinski definition) is 1. The van der Waals surface area contributed by atoms with Crippen LogP contribution in [0.3, 0.4) is 0 Å². The summed E-state index contributed by atoms with van der Waals surface area (Å²) in [6, 6.07) is 16.2. The normalized spacial score (nSPS) is 14.7. The molecule has 0 radical (unpaired) electrons. The van der Waals surface area contributed by atoms with Gasteiger partial charge in [-0.1, -0.05) is 24.3 Å². The third kappa shape index (κ3) is 5.75. The van der Waals surface area contributed by atoms with Crippen LogP contribution in [0.4, 0.5) is 28.0 Å². The van der Waals surface area contributed by atoms with E-state index in [1.165, 1.54) is 17.0 Å². The van der Waals surface area contributed by atoms with Crippen molar-refractivity contribution in [2.45, 2.75) is 29.2 Å². The van der Waals surface area contributed by atoms with Gasteiger partial charge in [-0.3, -0.25) is 0 Å². The van der Waals surface area contributed by atoms with Crippen molar-refractivity contribution in [3.8, 4) is 17.2 Å². The van der Waals surface area contributed by atoms with E-state index in [0.29, 0.717) is 23.8 Å². The van der Waals surface area contributed by atoms with Crippen LogP contribution < -0.4 is 5.32 Å². The molecule has 6 nitrogen and oxygen atoms in total. The first kappa shape index (κ1) is 26.2. The molecule has 0 saturated carbocycles. The second kappa shape index (κ2) is 10.2. The molecule has 0 atom stereocenters. The maximum atomic E-state index is 14.0. The second-order valence-electron chi connectivity index (χ2n) is 8.57. The van der Waals surface area contributed by atoms with Crippen LogP contribution in [-0.4, -0.2) is 37.7 Å². The summed E-state index contributed by atoms with van der Waals surface area (Å²) in [4.78, 5) is 13.9. The number of rotatable bonds is 4. The Morgan fingerprint density at radius 1 is 0.946 bits per heavy atom. The lowest BCUT2D eigenvalue weighted by Crippen LogP contribution is -2.44. The fourth-order valence-electron chi connectivity index (χ4n) is 4.13. The molecule has 1 N–H and O–H groups in total. The fourth-order valence-corrected chi connectivity index (χ4v) is 5.86. The Hall–Kier alpha value is -3.91. The van der Waals surface area contributed by atoms with Gasteiger partial charge in [0.1, 0.15) is 5.82 Å². The average molecular weight is 532 g/mol. The van der Waals surface area contributed by atoms with E-state index in [2.05, 4.69) is 5.32 Å². The van der Waals surface area contributed by atoms with E-state index in [4.69, 9.17) is 5.26 Å². The Morgan fingerprint density at radius 2 is 1.51 bits per heavy atom. The number of halogens is 4. The zero-order valence-electron chi connectivity index (χ0n) is 19.3. The fraction of sp³-hybridized carbons (Fsp3) is 0.231. The third-order valence-corrected chi connectivity index (χ3v) is 8.51. The summed E-state index contributed by atoms with van der Waals surface area (Å²) in [5.74, 6) is -1.01. The minimum Gasteiger partial charge on any atom is -0.324 e. The van der Waals surface area contributed by atoms with Gasteiger partial charge in [0.25, 0.3) is 0 Å². The number of nitriles is 1. The largest absolute Gasteiger partial charge is 0.416 e. The predicted octanol–water partition coefficient (Wildman–Crippen LogP) is 5.85. The molecule has 3 aromatic carbocycles. The Labute approximate surface area is 211 Å². The Balaban J connectivity index is 1.39. The number of nitrogens with one attached hydrogen (secondary N) is 1. The van der Waals surface area contributed by atoms with Gasteiger partial charge >= 0.3 is 12.2 Å². The molecular formula is C26H21F4N3O3S. The number of benzene rings is 3. The van der Waals surface area contributed by atoms with Crippen LogP contribution in [0, 0.1) is 17.1 Å². The van der Waals surface area contributed by atoms with Crippen LogP contribution in [0.2, 0.25) is 0 Å². The molecule has 0 unspecified atom stereocenters. The van der Waals surface area contributed by atoms with E-state index in [0.717, 1.165) is 11.1 Å². The van der Waals surface area contributed by atoms with Crippen LogP contribution in [-0.2, 0) is 16.0 Å². The summed E-state index contributed by atoms with van der Waals surface area (Å²) in [6.07, 6.45) is -4.45. The van der Waals surface area contributed by atoms with Gasteiger partial charge in [0, 0.05) is 13.1 Å². The minimum absolute atomic E-state index is 0.0413. The van der Waals surface area contributed by atoms with Crippen LogP contribution in [0.5, 0.6) is 0 Å². The SMILES string of the molecule is N#Cc1ccc(-c2ccc(S(=O)(=O)C3CCN(C(=O)Nc4cc(C(F)(F)F)ccc4F)CC3)cc2)cc1. The molecule has 3 aromatic rings. The highest BCUT2D eigenvalue weighted by molar-refractivity contribution is 7.92. The third-order valence-electron chi connectivity index (χ3n) is 6.23. The molecule has 2 amide bonds. The van der Waals surface area contributed by atoms with E-state index >= 15 is 0 Å². The quantitative estimate of drug-likeness (QED) is 0.428. The Kier molecular flexibility index (Phi) is 7.23. The molecule has 4 rings (SSSR count). The molecule has 192 valence electrons. The Morgan fingerprint density at radius 3 is 2.05 bits per heavy atom. The molecule has 1 heterocycles. The summed E-state index contributed by atoms with van der Waals surface area (Å²) < 4.78 is 79.0. The van der Waals surface area contributed by atoms with Crippen molar-refractivity contribution < 1.29 is 30.8 Å². The maximum Gasteiger partial charge on any atom is 0.416 e. The molecular weight excluding hydrogens is 510 g/mol. The number of amides is 2. The number of carbonyl (C=O) groups excluding carboxylic acids is 1. The topological polar surface area (TPSA) is 90.3 Å². The number of carbonyl (C=O) groups is 1. The van der Waals surface area contributed by atoms with Crippen molar-refractivity contribution in [1.82, 2.24) is 4.90 Å². The van der Waals surface area contributed by atoms with Gasteiger partial charge < -0.3 is 10.2 Å². The van der Waals surface area contributed by atoms with Crippen LogP contribution >= 0.6 is 0 Å². The van der Waals surface area contributed by atoms with Gasteiger partial charge in [0.15, 0.2) is 9.84 Å². The van der Waals surface area contributed by atoms with Crippen LogP contribution in [0.1, 0.15) is 24.0 Å². The van der Waals surface area contributed by atoms with Crippen molar-refractivity contribution in [3.05, 3.63) is 83.7 Å². The highest BCUT2D eigenvalue weighted by Crippen LogP contribution is 2.32. The van der Waals surface area contributed by atoms with Gasteiger partial charge in [-0.05, 0) is 66.4 Å². The first-order valence-corrected chi connectivity index (χ1v) is 12.8. The number of nitrogens with zero attached hydrogens (tertiary/aromatic N) is 2. The lowest BCUT2D eigenvalue weighted by Gasteiger charge is -2.31. The van der Waals surface area contributed by atoms with Crippen molar-refractivity contribution >= 4 is 21.6 Å². The van der Waals surface area contributed by atoms with Crippen molar-refractivity contribution in [2.24, 2.45) is 0 Å². The zero-order valence-corrected chi connectivity index (χ0v) is 20.1. The van der Waals surface area contributed by atoms with Crippen LogP contribution in [0.15, 0.2) is 71.6 Å². The summed E-state index contributed by atoms with van der Waals surface area (Å²) in [5, 5.41) is 10.3. The van der Waals surface area contributed by atoms with Gasteiger partial charge in [0.2, 0.25) is 0 Å².